The van der Waals surface area contributed by atoms with Crippen molar-refractivity contribution in [1.82, 2.24) is 0 Å². The topological polar surface area (TPSA) is 26.3 Å². The number of carbonyl (C=O) groups is 1. The minimum atomic E-state index is -0.351. The van der Waals surface area contributed by atoms with E-state index in [4.69, 9.17) is 4.74 Å². The van der Waals surface area contributed by atoms with Crippen molar-refractivity contribution in [3.63, 3.8) is 0 Å². The van der Waals surface area contributed by atoms with Crippen molar-refractivity contribution in [3.05, 3.63) is 0 Å². The average molecular weight is 196 g/mol. The van der Waals surface area contributed by atoms with Crippen molar-refractivity contribution in [2.45, 2.75) is 27.7 Å². The van der Waals surface area contributed by atoms with Crippen molar-refractivity contribution in [2.24, 2.45) is 5.41 Å². The van der Waals surface area contributed by atoms with Crippen molar-refractivity contribution < 1.29 is 29.0 Å². The molecule has 0 fully saturated rings. The van der Waals surface area contributed by atoms with E-state index >= 15 is 0 Å². The maximum atomic E-state index is 10.8. The summed E-state index contributed by atoms with van der Waals surface area (Å²) < 4.78 is 4.77. The summed E-state index contributed by atoms with van der Waals surface area (Å²) in [4.78, 5) is 10.8. The second kappa shape index (κ2) is 4.84. The fourth-order valence-corrected chi connectivity index (χ4v) is 0.348. The summed E-state index contributed by atoms with van der Waals surface area (Å²) in [6.45, 7) is 7.79. The second-order valence-electron chi connectivity index (χ2n) is 2.97. The van der Waals surface area contributed by atoms with Gasteiger partial charge in [-0.15, -0.1) is 0 Å². The van der Waals surface area contributed by atoms with Crippen molar-refractivity contribution in [1.29, 1.82) is 0 Å². The van der Waals surface area contributed by atoms with Crippen LogP contribution in [0.15, 0.2) is 0 Å². The summed E-state index contributed by atoms with van der Waals surface area (Å²) in [5, 5.41) is 0. The Bertz CT molecular complexity index is 105. The molecule has 10 heavy (non-hydrogen) atoms. The summed E-state index contributed by atoms with van der Waals surface area (Å²) in [7, 11) is 0. The number of hydrogen-bond donors (Lipinski definition) is 0. The van der Waals surface area contributed by atoms with Crippen LogP contribution in [-0.4, -0.2) is 12.6 Å². The molecule has 3 heteroatoms. The first-order valence-corrected chi connectivity index (χ1v) is 3.15. The van der Waals surface area contributed by atoms with E-state index in [2.05, 4.69) is 0 Å². The number of hydrogen-bond acceptors (Lipinski definition) is 2. The zero-order valence-corrected chi connectivity index (χ0v) is 10.2. The van der Waals surface area contributed by atoms with Gasteiger partial charge >= 0.3 is 5.97 Å². The average Bonchev–Trinajstić information content (AvgIpc) is 1.64. The zero-order valence-electron chi connectivity index (χ0n) is 7.23. The van der Waals surface area contributed by atoms with Gasteiger partial charge in [0.1, 0.15) is 0 Å². The van der Waals surface area contributed by atoms with Gasteiger partial charge in [-0.25, -0.2) is 0 Å². The molecule has 0 aromatic carbocycles. The first-order chi connectivity index (χ1) is 3.98. The van der Waals surface area contributed by atoms with E-state index in [1.165, 1.54) is 0 Å². The standard InChI is InChI=1S/C7H14O2.Zn/c1-5-9-6(8)7(2,3)4;/h5H2,1-4H3;. The Labute approximate surface area is 75.1 Å². The van der Waals surface area contributed by atoms with Gasteiger partial charge in [0.15, 0.2) is 0 Å². The third-order valence-electron chi connectivity index (χ3n) is 0.888. The molecule has 0 bridgehead atoms. The summed E-state index contributed by atoms with van der Waals surface area (Å²) in [5.74, 6) is -0.134. The SMILES string of the molecule is CCOC(=O)C(C)(C)C.[Zn]. The van der Waals surface area contributed by atoms with Crippen LogP contribution in [0, 0.1) is 5.41 Å². The summed E-state index contributed by atoms with van der Waals surface area (Å²) in [6, 6.07) is 0. The zero-order chi connectivity index (χ0) is 7.49. The van der Waals surface area contributed by atoms with Crippen LogP contribution in [0.4, 0.5) is 0 Å². The molecule has 0 aliphatic rings. The number of rotatable bonds is 1. The Hall–Kier alpha value is 0.0934. The fourth-order valence-electron chi connectivity index (χ4n) is 0.348. The molecule has 56 valence electrons. The van der Waals surface area contributed by atoms with Gasteiger partial charge in [-0.1, -0.05) is 0 Å². The third kappa shape index (κ3) is 4.92. The smallest absolute Gasteiger partial charge is 0.311 e. The molecule has 0 spiro atoms. The molecule has 0 atom stereocenters. The molecular formula is C7H14O2Zn. The van der Waals surface area contributed by atoms with Crippen molar-refractivity contribution in [2.75, 3.05) is 6.61 Å². The predicted molar refractivity (Wildman–Crippen MR) is 36.1 cm³/mol. The largest absolute Gasteiger partial charge is 0.466 e. The molecule has 2 nitrogen and oxygen atoms in total. The van der Waals surface area contributed by atoms with Gasteiger partial charge in [0, 0.05) is 19.5 Å². The van der Waals surface area contributed by atoms with Gasteiger partial charge < -0.3 is 4.74 Å². The minimum absolute atomic E-state index is 0. The molecule has 0 saturated carbocycles. The Morgan fingerprint density at radius 3 is 1.90 bits per heavy atom. The Balaban J connectivity index is 0. The summed E-state index contributed by atoms with van der Waals surface area (Å²) in [6.07, 6.45) is 0. The van der Waals surface area contributed by atoms with Gasteiger partial charge in [0.05, 0.1) is 12.0 Å². The van der Waals surface area contributed by atoms with Crippen LogP contribution in [0.2, 0.25) is 0 Å². The number of ether oxygens (including phenoxy) is 1. The maximum absolute atomic E-state index is 10.8. The quantitative estimate of drug-likeness (QED) is 0.469. The third-order valence-corrected chi connectivity index (χ3v) is 0.888. The molecule has 0 unspecified atom stereocenters. The van der Waals surface area contributed by atoms with Crippen LogP contribution in [0.25, 0.3) is 0 Å². The number of carbonyl (C=O) groups excluding carboxylic acids is 1. The van der Waals surface area contributed by atoms with Crippen LogP contribution >= 0.6 is 0 Å². The molecule has 0 aromatic heterocycles. The maximum Gasteiger partial charge on any atom is 0.311 e. The number of esters is 1. The van der Waals surface area contributed by atoms with E-state index in [0.717, 1.165) is 0 Å². The van der Waals surface area contributed by atoms with Crippen LogP contribution in [0.3, 0.4) is 0 Å². The molecule has 0 aromatic rings. The molecule has 0 N–H and O–H groups in total. The second-order valence-corrected chi connectivity index (χ2v) is 2.97. The summed E-state index contributed by atoms with van der Waals surface area (Å²) in [5.41, 5.74) is -0.351. The molecule has 0 saturated heterocycles. The molecule has 0 heterocycles. The molecule has 0 rings (SSSR count). The van der Waals surface area contributed by atoms with Crippen LogP contribution in [-0.2, 0) is 29.0 Å². The Kier molecular flexibility index (Phi) is 6.17. The first-order valence-electron chi connectivity index (χ1n) is 3.15. The van der Waals surface area contributed by atoms with Crippen LogP contribution < -0.4 is 0 Å². The monoisotopic (exact) mass is 194 g/mol. The molecule has 0 aliphatic carbocycles. The van der Waals surface area contributed by atoms with E-state index in [1.54, 1.807) is 0 Å². The van der Waals surface area contributed by atoms with E-state index in [0.29, 0.717) is 6.61 Å². The van der Waals surface area contributed by atoms with Gasteiger partial charge in [-0.3, -0.25) is 4.79 Å². The molecule has 0 amide bonds. The van der Waals surface area contributed by atoms with E-state index in [1.807, 2.05) is 27.7 Å². The van der Waals surface area contributed by atoms with E-state index in [9.17, 15) is 4.79 Å². The van der Waals surface area contributed by atoms with Crippen LogP contribution in [0.5, 0.6) is 0 Å². The minimum Gasteiger partial charge on any atom is -0.466 e. The van der Waals surface area contributed by atoms with E-state index in [-0.39, 0.29) is 30.9 Å². The molecule has 0 radical (unpaired) electrons. The van der Waals surface area contributed by atoms with E-state index < -0.39 is 0 Å². The van der Waals surface area contributed by atoms with Gasteiger partial charge in [0.25, 0.3) is 0 Å². The molecular weight excluding hydrogens is 181 g/mol. The predicted octanol–water partition coefficient (Wildman–Crippen LogP) is 1.59. The Morgan fingerprint density at radius 2 is 1.80 bits per heavy atom. The first kappa shape index (κ1) is 12.7. The summed E-state index contributed by atoms with van der Waals surface area (Å²) >= 11 is 0. The van der Waals surface area contributed by atoms with Crippen LogP contribution in [0.1, 0.15) is 27.7 Å². The molecule has 0 aliphatic heterocycles. The normalized spacial score (nSPS) is 10.0. The fraction of sp³-hybridized carbons (Fsp3) is 0.857. The van der Waals surface area contributed by atoms with Gasteiger partial charge in [-0.2, -0.15) is 0 Å². The van der Waals surface area contributed by atoms with Crippen molar-refractivity contribution in [3.8, 4) is 0 Å². The van der Waals surface area contributed by atoms with Gasteiger partial charge in [-0.05, 0) is 27.7 Å². The Morgan fingerprint density at radius 1 is 1.40 bits per heavy atom. The van der Waals surface area contributed by atoms with Crippen molar-refractivity contribution >= 4 is 5.97 Å². The van der Waals surface area contributed by atoms with Gasteiger partial charge in [0.2, 0.25) is 0 Å².